The van der Waals surface area contributed by atoms with Crippen molar-refractivity contribution in [3.63, 3.8) is 0 Å². The Kier molecular flexibility index (Phi) is 4.11. The summed E-state index contributed by atoms with van der Waals surface area (Å²) < 4.78 is 30.6. The number of ether oxygens (including phenoxy) is 1. The molecule has 0 amide bonds. The molecule has 6 nitrogen and oxygen atoms in total. The molecule has 0 spiro atoms. The Balaban J connectivity index is 2.37. The molecule has 0 saturated carbocycles. The second-order valence-corrected chi connectivity index (χ2v) is 5.86. The lowest BCUT2D eigenvalue weighted by Gasteiger charge is -2.13. The summed E-state index contributed by atoms with van der Waals surface area (Å²) >= 11 is 0. The van der Waals surface area contributed by atoms with Gasteiger partial charge in [-0.15, -0.1) is 0 Å². The summed E-state index contributed by atoms with van der Waals surface area (Å²) in [5, 5.41) is 8.91. The van der Waals surface area contributed by atoms with Crippen LogP contribution in [-0.4, -0.2) is 19.9 Å². The molecule has 0 unspecified atom stereocenters. The van der Waals surface area contributed by atoms with Gasteiger partial charge in [-0.3, -0.25) is 15.4 Å². The maximum Gasteiger partial charge on any atom is 0.229 e. The summed E-state index contributed by atoms with van der Waals surface area (Å²) in [6.45, 7) is 0. The fourth-order valence-electron chi connectivity index (χ4n) is 1.58. The molecule has 106 valence electrons. The van der Waals surface area contributed by atoms with Crippen molar-refractivity contribution in [2.45, 2.75) is 0 Å². The van der Waals surface area contributed by atoms with Crippen LogP contribution in [0.5, 0.6) is 11.5 Å². The largest absolute Gasteiger partial charge is 0.455 e. The predicted molar refractivity (Wildman–Crippen MR) is 76.8 cm³/mol. The lowest BCUT2D eigenvalue weighted by Crippen LogP contribution is -2.10. The third-order valence-corrected chi connectivity index (χ3v) is 2.97. The van der Waals surface area contributed by atoms with E-state index in [2.05, 4.69) is 4.72 Å². The van der Waals surface area contributed by atoms with Crippen LogP contribution >= 0.6 is 0 Å². The topological polar surface area (TPSA) is 87.7 Å². The molecule has 7 heteroatoms. The number of nitrogens with one attached hydrogen (secondary N) is 2. The van der Waals surface area contributed by atoms with E-state index in [0.717, 1.165) is 6.26 Å². The van der Waals surface area contributed by atoms with Crippen molar-refractivity contribution in [3.05, 3.63) is 48.5 Å². The van der Waals surface area contributed by atoms with Crippen LogP contribution in [0.2, 0.25) is 0 Å². The molecule has 0 heterocycles. The molecule has 0 aliphatic heterocycles. The van der Waals surface area contributed by atoms with E-state index in [-0.39, 0.29) is 11.4 Å². The molecule has 0 saturated heterocycles. The highest BCUT2D eigenvalue weighted by Gasteiger charge is 2.10. The van der Waals surface area contributed by atoms with Gasteiger partial charge in [0.1, 0.15) is 5.75 Å². The molecular weight excluding hydrogens is 280 g/mol. The number of rotatable bonds is 5. The highest BCUT2D eigenvalue weighted by Crippen LogP contribution is 2.32. The van der Waals surface area contributed by atoms with Gasteiger partial charge >= 0.3 is 0 Å². The highest BCUT2D eigenvalue weighted by atomic mass is 32.2. The fourth-order valence-corrected chi connectivity index (χ4v) is 2.14. The lowest BCUT2D eigenvalue weighted by molar-refractivity contribution is 0.388. The summed E-state index contributed by atoms with van der Waals surface area (Å²) in [5.41, 5.74) is 2.66. The highest BCUT2D eigenvalue weighted by molar-refractivity contribution is 7.92. The molecule has 0 aliphatic rings. The molecule has 0 atom stereocenters. The smallest absolute Gasteiger partial charge is 0.229 e. The average Bonchev–Trinajstić information content (AvgIpc) is 2.40. The Morgan fingerprint density at radius 3 is 2.40 bits per heavy atom. The zero-order chi connectivity index (χ0) is 14.6. The van der Waals surface area contributed by atoms with E-state index < -0.39 is 10.0 Å². The monoisotopic (exact) mass is 294 g/mol. The van der Waals surface area contributed by atoms with E-state index in [0.29, 0.717) is 11.4 Å². The first kappa shape index (κ1) is 14.2. The number of hydrogen-bond acceptors (Lipinski definition) is 5. The predicted octanol–water partition coefficient (Wildman–Crippen LogP) is 2.65. The minimum Gasteiger partial charge on any atom is -0.455 e. The quantitative estimate of drug-likeness (QED) is 0.738. The molecular formula is C13H14N2O4S. The molecule has 2 aromatic carbocycles. The summed E-state index contributed by atoms with van der Waals surface area (Å²) in [6, 6.07) is 13.4. The Bertz CT molecular complexity index is 687. The van der Waals surface area contributed by atoms with Crippen LogP contribution in [-0.2, 0) is 10.0 Å². The standard InChI is InChI=1S/C13H14N2O4S/c1-20(17,18)15-12-8-7-10(14-16)9-13(12)19-11-5-3-2-4-6-11/h2-9,14-16H,1H3. The van der Waals surface area contributed by atoms with Crippen LogP contribution < -0.4 is 14.9 Å². The SMILES string of the molecule is CS(=O)(=O)Nc1ccc(NO)cc1Oc1ccccc1. The van der Waals surface area contributed by atoms with Crippen molar-refractivity contribution in [1.82, 2.24) is 0 Å². The molecule has 0 fully saturated rings. The molecule has 2 rings (SSSR count). The number of para-hydroxylation sites is 1. The van der Waals surface area contributed by atoms with E-state index in [9.17, 15) is 8.42 Å². The van der Waals surface area contributed by atoms with Crippen molar-refractivity contribution in [3.8, 4) is 11.5 Å². The van der Waals surface area contributed by atoms with Crippen LogP contribution in [0.1, 0.15) is 0 Å². The second-order valence-electron chi connectivity index (χ2n) is 4.11. The molecule has 20 heavy (non-hydrogen) atoms. The minimum absolute atomic E-state index is 0.278. The molecule has 0 radical (unpaired) electrons. The molecule has 3 N–H and O–H groups in total. The van der Waals surface area contributed by atoms with Gasteiger partial charge in [-0.05, 0) is 24.3 Å². The van der Waals surface area contributed by atoms with Crippen LogP contribution in [0.15, 0.2) is 48.5 Å². The first-order valence-electron chi connectivity index (χ1n) is 5.73. The summed E-state index contributed by atoms with van der Waals surface area (Å²) in [5.74, 6) is 0.833. The number of hydrogen-bond donors (Lipinski definition) is 3. The second kappa shape index (κ2) is 5.81. The number of benzene rings is 2. The van der Waals surface area contributed by atoms with Crippen molar-refractivity contribution < 1.29 is 18.4 Å². The first-order chi connectivity index (χ1) is 9.48. The Morgan fingerprint density at radius 1 is 1.10 bits per heavy atom. The maximum atomic E-state index is 11.3. The van der Waals surface area contributed by atoms with E-state index >= 15 is 0 Å². The number of anilines is 2. The van der Waals surface area contributed by atoms with Crippen LogP contribution in [0.4, 0.5) is 11.4 Å². The number of sulfonamides is 1. The van der Waals surface area contributed by atoms with Gasteiger partial charge in [0.15, 0.2) is 5.75 Å². The molecule has 0 bridgehead atoms. The summed E-state index contributed by atoms with van der Waals surface area (Å²) in [4.78, 5) is 0. The average molecular weight is 294 g/mol. The van der Waals surface area contributed by atoms with Gasteiger partial charge in [-0.2, -0.15) is 0 Å². The van der Waals surface area contributed by atoms with Crippen molar-refractivity contribution in [2.75, 3.05) is 16.5 Å². The van der Waals surface area contributed by atoms with E-state index in [1.807, 2.05) is 11.5 Å². The molecule has 2 aromatic rings. The normalized spacial score (nSPS) is 10.9. The van der Waals surface area contributed by atoms with Crippen molar-refractivity contribution in [1.29, 1.82) is 0 Å². The maximum absolute atomic E-state index is 11.3. The molecule has 0 aromatic heterocycles. The zero-order valence-electron chi connectivity index (χ0n) is 10.7. The summed E-state index contributed by atoms with van der Waals surface area (Å²) in [6.07, 6.45) is 1.05. The van der Waals surface area contributed by atoms with Gasteiger partial charge in [0, 0.05) is 6.07 Å². The Morgan fingerprint density at radius 2 is 1.80 bits per heavy atom. The van der Waals surface area contributed by atoms with Crippen LogP contribution in [0.3, 0.4) is 0 Å². The third kappa shape index (κ3) is 3.87. The third-order valence-electron chi connectivity index (χ3n) is 2.38. The van der Waals surface area contributed by atoms with Gasteiger partial charge in [-0.1, -0.05) is 18.2 Å². The fraction of sp³-hybridized carbons (Fsp3) is 0.0769. The van der Waals surface area contributed by atoms with Gasteiger partial charge in [0.05, 0.1) is 17.6 Å². The van der Waals surface area contributed by atoms with Gasteiger partial charge in [0.25, 0.3) is 0 Å². The van der Waals surface area contributed by atoms with Crippen LogP contribution in [0.25, 0.3) is 0 Å². The van der Waals surface area contributed by atoms with Gasteiger partial charge in [-0.25, -0.2) is 8.42 Å². The van der Waals surface area contributed by atoms with E-state index in [1.165, 1.54) is 18.2 Å². The Hall–Kier alpha value is -2.25. The first-order valence-corrected chi connectivity index (χ1v) is 7.62. The lowest BCUT2D eigenvalue weighted by atomic mass is 10.2. The van der Waals surface area contributed by atoms with Gasteiger partial charge in [0.2, 0.25) is 10.0 Å². The zero-order valence-corrected chi connectivity index (χ0v) is 11.5. The summed E-state index contributed by atoms with van der Waals surface area (Å²) in [7, 11) is -3.42. The van der Waals surface area contributed by atoms with Crippen molar-refractivity contribution >= 4 is 21.4 Å². The Labute approximate surface area is 117 Å². The minimum atomic E-state index is -3.42. The molecule has 0 aliphatic carbocycles. The van der Waals surface area contributed by atoms with E-state index in [4.69, 9.17) is 9.94 Å². The van der Waals surface area contributed by atoms with E-state index in [1.54, 1.807) is 24.3 Å². The van der Waals surface area contributed by atoms with Crippen molar-refractivity contribution in [2.24, 2.45) is 0 Å². The van der Waals surface area contributed by atoms with Gasteiger partial charge < -0.3 is 4.74 Å². The van der Waals surface area contributed by atoms with Crippen LogP contribution in [0, 0.1) is 0 Å².